The van der Waals surface area contributed by atoms with Crippen LogP contribution in [0.15, 0.2) is 18.6 Å². The summed E-state index contributed by atoms with van der Waals surface area (Å²) in [6, 6.07) is 1.67. The molecule has 5 heteroatoms. The van der Waals surface area contributed by atoms with Crippen LogP contribution in [0.4, 0.5) is 5.69 Å². The zero-order chi connectivity index (χ0) is 7.84. The van der Waals surface area contributed by atoms with Crippen molar-refractivity contribution >= 4 is 22.9 Å². The van der Waals surface area contributed by atoms with Gasteiger partial charge in [0.05, 0.1) is 16.9 Å². The number of aromatic nitrogens is 3. The third kappa shape index (κ3) is 0.914. The predicted octanol–water partition coefficient (Wildman–Crippen LogP) is 0.965. The Bertz CT molecular complexity index is 358. The van der Waals surface area contributed by atoms with Gasteiger partial charge in [0.1, 0.15) is 6.33 Å². The minimum Gasteiger partial charge on any atom is -0.396 e. The van der Waals surface area contributed by atoms with E-state index in [0.717, 1.165) is 0 Å². The first kappa shape index (κ1) is 6.42. The van der Waals surface area contributed by atoms with E-state index in [9.17, 15) is 0 Å². The van der Waals surface area contributed by atoms with E-state index >= 15 is 0 Å². The molecule has 2 aromatic heterocycles. The van der Waals surface area contributed by atoms with Gasteiger partial charge in [-0.25, -0.2) is 9.50 Å². The molecule has 0 radical (unpaired) electrons. The lowest BCUT2D eigenvalue weighted by molar-refractivity contribution is 0.963. The normalized spacial score (nSPS) is 10.6. The number of halogens is 1. The van der Waals surface area contributed by atoms with Crippen molar-refractivity contribution in [2.24, 2.45) is 0 Å². The highest BCUT2D eigenvalue weighted by Gasteiger charge is 1.99. The van der Waals surface area contributed by atoms with Crippen molar-refractivity contribution in [3.63, 3.8) is 0 Å². The minimum absolute atomic E-state index is 0.504. The van der Waals surface area contributed by atoms with Gasteiger partial charge in [0.25, 0.3) is 0 Å². The van der Waals surface area contributed by atoms with Crippen LogP contribution in [-0.2, 0) is 0 Å². The Hall–Kier alpha value is -1.29. The Balaban J connectivity index is 2.86. The van der Waals surface area contributed by atoms with E-state index < -0.39 is 0 Å². The Kier molecular flexibility index (Phi) is 1.22. The maximum absolute atomic E-state index is 5.74. The molecule has 0 saturated carbocycles. The van der Waals surface area contributed by atoms with Crippen LogP contribution in [0.25, 0.3) is 5.65 Å². The van der Waals surface area contributed by atoms with Crippen LogP contribution in [0, 0.1) is 0 Å². The van der Waals surface area contributed by atoms with Crippen molar-refractivity contribution in [3.05, 3.63) is 23.6 Å². The summed E-state index contributed by atoms with van der Waals surface area (Å²) in [6.45, 7) is 0. The molecule has 2 rings (SSSR count). The number of hydrogen-bond acceptors (Lipinski definition) is 3. The zero-order valence-electron chi connectivity index (χ0n) is 5.53. The summed E-state index contributed by atoms with van der Waals surface area (Å²) in [6.07, 6.45) is 3.08. The van der Waals surface area contributed by atoms with Crippen LogP contribution < -0.4 is 5.73 Å². The Labute approximate surface area is 67.6 Å². The highest BCUT2D eigenvalue weighted by atomic mass is 35.5. The molecule has 0 atom stereocenters. The van der Waals surface area contributed by atoms with Gasteiger partial charge in [-0.15, -0.1) is 0 Å². The van der Waals surface area contributed by atoms with Crippen molar-refractivity contribution in [2.75, 3.05) is 5.73 Å². The van der Waals surface area contributed by atoms with Gasteiger partial charge >= 0.3 is 0 Å². The third-order valence-corrected chi connectivity index (χ3v) is 1.72. The molecule has 56 valence electrons. The second-order valence-electron chi connectivity index (χ2n) is 2.14. The van der Waals surface area contributed by atoms with E-state index in [2.05, 4.69) is 10.1 Å². The van der Waals surface area contributed by atoms with Crippen LogP contribution in [0.3, 0.4) is 0 Å². The Morgan fingerprint density at radius 3 is 3.18 bits per heavy atom. The lowest BCUT2D eigenvalue weighted by atomic mass is 10.4. The van der Waals surface area contributed by atoms with Gasteiger partial charge in [-0.2, -0.15) is 5.10 Å². The van der Waals surface area contributed by atoms with Gasteiger partial charge in [0, 0.05) is 6.07 Å². The van der Waals surface area contributed by atoms with Gasteiger partial charge in [-0.05, 0) is 0 Å². The fourth-order valence-electron chi connectivity index (χ4n) is 0.852. The molecule has 2 aromatic rings. The van der Waals surface area contributed by atoms with Gasteiger partial charge in [-0.1, -0.05) is 11.6 Å². The molecular weight excluding hydrogens is 164 g/mol. The van der Waals surface area contributed by atoms with E-state index in [0.29, 0.717) is 16.4 Å². The van der Waals surface area contributed by atoms with Crippen molar-refractivity contribution in [3.8, 4) is 0 Å². The maximum atomic E-state index is 5.74. The molecule has 0 unspecified atom stereocenters. The molecule has 11 heavy (non-hydrogen) atoms. The van der Waals surface area contributed by atoms with Crippen LogP contribution >= 0.6 is 11.6 Å². The molecule has 0 amide bonds. The van der Waals surface area contributed by atoms with Crippen LogP contribution in [0.2, 0.25) is 5.02 Å². The summed E-state index contributed by atoms with van der Waals surface area (Å²) < 4.78 is 1.57. The maximum Gasteiger partial charge on any atom is 0.156 e. The molecule has 0 aliphatic heterocycles. The summed E-state index contributed by atoms with van der Waals surface area (Å²) in [5.74, 6) is 0. The number of anilines is 1. The summed E-state index contributed by atoms with van der Waals surface area (Å²) in [4.78, 5) is 3.93. The van der Waals surface area contributed by atoms with E-state index in [4.69, 9.17) is 17.3 Å². The van der Waals surface area contributed by atoms with Crippen LogP contribution in [0.5, 0.6) is 0 Å². The topological polar surface area (TPSA) is 56.2 Å². The minimum atomic E-state index is 0.504. The molecule has 0 fully saturated rings. The largest absolute Gasteiger partial charge is 0.396 e. The standard InChI is InChI=1S/C6H5ClN4/c7-4-1-6-9-3-10-11(6)2-5(4)8/h1-3H,8H2. The average molecular weight is 169 g/mol. The van der Waals surface area contributed by atoms with Crippen molar-refractivity contribution in [1.29, 1.82) is 0 Å². The van der Waals surface area contributed by atoms with Crippen LogP contribution in [0.1, 0.15) is 0 Å². The fraction of sp³-hybridized carbons (Fsp3) is 0. The number of nitrogens with two attached hydrogens (primary N) is 1. The molecule has 0 spiro atoms. The molecule has 2 heterocycles. The second-order valence-corrected chi connectivity index (χ2v) is 2.55. The van der Waals surface area contributed by atoms with Crippen molar-refractivity contribution in [1.82, 2.24) is 14.6 Å². The number of rotatable bonds is 0. The number of nitrogen functional groups attached to an aromatic ring is 1. The molecule has 0 aromatic carbocycles. The van der Waals surface area contributed by atoms with Crippen molar-refractivity contribution < 1.29 is 0 Å². The molecule has 0 aliphatic rings. The molecule has 0 bridgehead atoms. The summed E-state index contributed by atoms with van der Waals surface area (Å²) in [7, 11) is 0. The van der Waals surface area contributed by atoms with Gasteiger partial charge in [-0.3, -0.25) is 0 Å². The highest BCUT2D eigenvalue weighted by Crippen LogP contribution is 2.18. The SMILES string of the molecule is Nc1cn2ncnc2cc1Cl. The van der Waals surface area contributed by atoms with E-state index in [1.54, 1.807) is 16.8 Å². The van der Waals surface area contributed by atoms with E-state index in [1.165, 1.54) is 6.33 Å². The van der Waals surface area contributed by atoms with Crippen molar-refractivity contribution in [2.45, 2.75) is 0 Å². The second kappa shape index (κ2) is 2.10. The number of nitrogens with zero attached hydrogens (tertiary/aromatic N) is 3. The molecule has 0 saturated heterocycles. The van der Waals surface area contributed by atoms with Gasteiger partial charge in [0.2, 0.25) is 0 Å². The summed E-state index contributed by atoms with van der Waals surface area (Å²) in [5.41, 5.74) is 6.73. The third-order valence-electron chi connectivity index (χ3n) is 1.39. The number of pyridine rings is 1. The van der Waals surface area contributed by atoms with E-state index in [-0.39, 0.29) is 0 Å². The first-order chi connectivity index (χ1) is 5.27. The predicted molar refractivity (Wildman–Crippen MR) is 42.4 cm³/mol. The zero-order valence-corrected chi connectivity index (χ0v) is 6.28. The summed E-state index contributed by atoms with van der Waals surface area (Å²) >= 11 is 5.74. The summed E-state index contributed by atoms with van der Waals surface area (Å²) in [5, 5.41) is 4.39. The highest BCUT2D eigenvalue weighted by molar-refractivity contribution is 6.33. The first-order valence-electron chi connectivity index (χ1n) is 3.02. The molecular formula is C6H5ClN4. The Morgan fingerprint density at radius 2 is 2.36 bits per heavy atom. The first-order valence-corrected chi connectivity index (χ1v) is 3.39. The average Bonchev–Trinajstić information content (AvgIpc) is 2.36. The lowest BCUT2D eigenvalue weighted by Crippen LogP contribution is -1.92. The lowest BCUT2D eigenvalue weighted by Gasteiger charge is -1.96. The Morgan fingerprint density at radius 1 is 1.55 bits per heavy atom. The number of fused-ring (bicyclic) bond motifs is 1. The van der Waals surface area contributed by atoms with Crippen LogP contribution in [-0.4, -0.2) is 14.6 Å². The number of hydrogen-bond donors (Lipinski definition) is 1. The molecule has 2 N–H and O–H groups in total. The van der Waals surface area contributed by atoms with Gasteiger partial charge < -0.3 is 5.73 Å². The molecule has 4 nitrogen and oxygen atoms in total. The quantitative estimate of drug-likeness (QED) is 0.638. The van der Waals surface area contributed by atoms with E-state index in [1.807, 2.05) is 0 Å². The van der Waals surface area contributed by atoms with Gasteiger partial charge in [0.15, 0.2) is 5.65 Å². The fourth-order valence-corrected chi connectivity index (χ4v) is 0.998. The molecule has 0 aliphatic carbocycles. The smallest absolute Gasteiger partial charge is 0.156 e. The monoisotopic (exact) mass is 168 g/mol.